The van der Waals surface area contributed by atoms with E-state index >= 15 is 0 Å². The van der Waals surface area contributed by atoms with Crippen molar-refractivity contribution in [3.63, 3.8) is 0 Å². The van der Waals surface area contributed by atoms with Crippen molar-refractivity contribution in [2.45, 2.75) is 44.7 Å². The van der Waals surface area contributed by atoms with Crippen molar-refractivity contribution in [3.8, 4) is 0 Å². The summed E-state index contributed by atoms with van der Waals surface area (Å²) < 4.78 is 29.1. The third kappa shape index (κ3) is 3.56. The quantitative estimate of drug-likeness (QED) is 0.817. The first-order valence-corrected chi connectivity index (χ1v) is 8.92. The van der Waals surface area contributed by atoms with E-state index in [1.807, 2.05) is 24.6 Å². The fourth-order valence-corrected chi connectivity index (χ4v) is 4.01. The Bertz CT molecular complexity index is 593. The molecule has 1 N–H and O–H groups in total. The van der Waals surface area contributed by atoms with Crippen LogP contribution in [0.2, 0.25) is 0 Å². The number of aryl methyl sites for hydroxylation is 1. The molecule has 0 amide bonds. The van der Waals surface area contributed by atoms with Crippen LogP contribution in [0.25, 0.3) is 0 Å². The second-order valence-electron chi connectivity index (χ2n) is 5.55. The van der Waals surface area contributed by atoms with Crippen molar-refractivity contribution < 1.29 is 8.42 Å². The van der Waals surface area contributed by atoms with Crippen LogP contribution in [0.3, 0.4) is 0 Å². The molecule has 0 radical (unpaired) electrons. The Balaban J connectivity index is 2.29. The molecule has 1 aromatic rings. The molecule has 1 aliphatic rings. The van der Waals surface area contributed by atoms with Gasteiger partial charge in [0.05, 0.1) is 0 Å². The molecule has 21 heavy (non-hydrogen) atoms. The Morgan fingerprint density at radius 3 is 2.71 bits per heavy atom. The molecule has 0 aromatic carbocycles. The zero-order valence-electron chi connectivity index (χ0n) is 13.1. The molecule has 5 nitrogen and oxygen atoms in total. The first-order chi connectivity index (χ1) is 9.98. The van der Waals surface area contributed by atoms with Crippen LogP contribution < -0.4 is 5.32 Å². The summed E-state index contributed by atoms with van der Waals surface area (Å²) in [5.74, 6) is 0. The standard InChI is InChI=1S/C15H25N3O2S/c1-4-7-17-12-15(10-14(17)11-16-3)21(19,20)18-8-5-13(2)6-9-18/h5,10,12,16H,4,6-9,11H2,1-3H3. The number of hydrogen-bond acceptors (Lipinski definition) is 3. The molecule has 0 unspecified atom stereocenters. The Hall–Kier alpha value is -1.11. The van der Waals surface area contributed by atoms with Gasteiger partial charge in [-0.3, -0.25) is 0 Å². The molecular formula is C15H25N3O2S. The molecule has 1 aromatic heterocycles. The normalized spacial score (nSPS) is 17.0. The number of hydrogen-bond donors (Lipinski definition) is 1. The number of nitrogens with zero attached hydrogens (tertiary/aromatic N) is 2. The molecule has 0 spiro atoms. The van der Waals surface area contributed by atoms with E-state index in [0.717, 1.165) is 25.1 Å². The van der Waals surface area contributed by atoms with Gasteiger partial charge in [-0.2, -0.15) is 4.31 Å². The first-order valence-electron chi connectivity index (χ1n) is 7.48. The van der Waals surface area contributed by atoms with Crippen LogP contribution in [0.1, 0.15) is 32.4 Å². The highest BCUT2D eigenvalue weighted by Gasteiger charge is 2.27. The Labute approximate surface area is 127 Å². The van der Waals surface area contributed by atoms with E-state index in [2.05, 4.69) is 12.2 Å². The van der Waals surface area contributed by atoms with Crippen LogP contribution in [0.4, 0.5) is 0 Å². The van der Waals surface area contributed by atoms with Crippen LogP contribution in [0.5, 0.6) is 0 Å². The Morgan fingerprint density at radius 2 is 2.14 bits per heavy atom. The zero-order chi connectivity index (χ0) is 15.5. The Morgan fingerprint density at radius 1 is 1.38 bits per heavy atom. The fourth-order valence-electron chi connectivity index (χ4n) is 2.56. The second kappa shape index (κ2) is 6.77. The van der Waals surface area contributed by atoms with Crippen LogP contribution in [-0.4, -0.2) is 37.4 Å². The SMILES string of the molecule is CCCn1cc(S(=O)(=O)N2CC=C(C)CC2)cc1CNC. The van der Waals surface area contributed by atoms with Gasteiger partial charge >= 0.3 is 0 Å². The maximum absolute atomic E-state index is 12.7. The minimum absolute atomic E-state index is 0.411. The highest BCUT2D eigenvalue weighted by molar-refractivity contribution is 7.89. The van der Waals surface area contributed by atoms with Gasteiger partial charge in [0.2, 0.25) is 10.0 Å². The Kier molecular flexibility index (Phi) is 5.24. The average Bonchev–Trinajstić information content (AvgIpc) is 2.84. The molecule has 118 valence electrons. The van der Waals surface area contributed by atoms with E-state index in [4.69, 9.17) is 0 Å². The van der Waals surface area contributed by atoms with Crippen LogP contribution >= 0.6 is 0 Å². The molecule has 6 heteroatoms. The molecule has 0 fully saturated rings. The smallest absolute Gasteiger partial charge is 0.244 e. The van der Waals surface area contributed by atoms with Gasteiger partial charge in [0.15, 0.2) is 0 Å². The lowest BCUT2D eigenvalue weighted by molar-refractivity contribution is 0.431. The van der Waals surface area contributed by atoms with Crippen molar-refractivity contribution in [1.29, 1.82) is 0 Å². The van der Waals surface area contributed by atoms with Crippen molar-refractivity contribution in [3.05, 3.63) is 29.6 Å². The molecule has 0 bridgehead atoms. The van der Waals surface area contributed by atoms with Crippen molar-refractivity contribution in [2.24, 2.45) is 0 Å². The second-order valence-corrected chi connectivity index (χ2v) is 7.49. The van der Waals surface area contributed by atoms with E-state index in [1.54, 1.807) is 16.6 Å². The van der Waals surface area contributed by atoms with Gasteiger partial charge in [-0.1, -0.05) is 18.6 Å². The van der Waals surface area contributed by atoms with Gasteiger partial charge in [-0.15, -0.1) is 0 Å². The van der Waals surface area contributed by atoms with Crippen molar-refractivity contribution >= 4 is 10.0 Å². The molecule has 0 aliphatic carbocycles. The summed E-state index contributed by atoms with van der Waals surface area (Å²) >= 11 is 0. The van der Waals surface area contributed by atoms with E-state index in [0.29, 0.717) is 24.5 Å². The molecular weight excluding hydrogens is 286 g/mol. The maximum Gasteiger partial charge on any atom is 0.244 e. The van der Waals surface area contributed by atoms with Crippen LogP contribution in [-0.2, 0) is 23.1 Å². The topological polar surface area (TPSA) is 54.3 Å². The van der Waals surface area contributed by atoms with Gasteiger partial charge < -0.3 is 9.88 Å². The number of rotatable bonds is 6. The number of nitrogens with one attached hydrogen (secondary N) is 1. The van der Waals surface area contributed by atoms with Gasteiger partial charge in [-0.05, 0) is 32.9 Å². The van der Waals surface area contributed by atoms with Gasteiger partial charge in [0, 0.05) is 38.1 Å². The zero-order valence-corrected chi connectivity index (χ0v) is 13.9. The van der Waals surface area contributed by atoms with E-state index in [1.165, 1.54) is 5.57 Å². The largest absolute Gasteiger partial charge is 0.349 e. The van der Waals surface area contributed by atoms with E-state index < -0.39 is 10.0 Å². The highest BCUT2D eigenvalue weighted by atomic mass is 32.2. The van der Waals surface area contributed by atoms with E-state index in [9.17, 15) is 8.42 Å². The monoisotopic (exact) mass is 311 g/mol. The van der Waals surface area contributed by atoms with Crippen molar-refractivity contribution in [1.82, 2.24) is 14.2 Å². The predicted molar refractivity (Wildman–Crippen MR) is 84.6 cm³/mol. The number of sulfonamides is 1. The molecule has 0 atom stereocenters. The molecule has 2 rings (SSSR count). The lowest BCUT2D eigenvalue weighted by Crippen LogP contribution is -2.34. The molecule has 2 heterocycles. The van der Waals surface area contributed by atoms with Gasteiger partial charge in [0.1, 0.15) is 4.90 Å². The number of aromatic nitrogens is 1. The fraction of sp³-hybridized carbons (Fsp3) is 0.600. The summed E-state index contributed by atoms with van der Waals surface area (Å²) in [6.45, 7) is 6.71. The molecule has 0 saturated carbocycles. The van der Waals surface area contributed by atoms with Crippen LogP contribution in [0.15, 0.2) is 28.8 Å². The summed E-state index contributed by atoms with van der Waals surface area (Å²) in [7, 11) is -1.51. The summed E-state index contributed by atoms with van der Waals surface area (Å²) in [5.41, 5.74) is 2.28. The molecule has 0 saturated heterocycles. The summed E-state index contributed by atoms with van der Waals surface area (Å²) in [5, 5.41) is 3.09. The summed E-state index contributed by atoms with van der Waals surface area (Å²) in [6.07, 6.45) is 5.57. The van der Waals surface area contributed by atoms with Crippen molar-refractivity contribution in [2.75, 3.05) is 20.1 Å². The minimum Gasteiger partial charge on any atom is -0.349 e. The summed E-state index contributed by atoms with van der Waals surface area (Å²) in [6, 6.07) is 1.80. The average molecular weight is 311 g/mol. The van der Waals surface area contributed by atoms with Gasteiger partial charge in [-0.25, -0.2) is 8.42 Å². The maximum atomic E-state index is 12.7. The summed E-state index contributed by atoms with van der Waals surface area (Å²) in [4.78, 5) is 0.411. The molecule has 1 aliphatic heterocycles. The lowest BCUT2D eigenvalue weighted by atomic mass is 10.1. The van der Waals surface area contributed by atoms with Gasteiger partial charge in [0.25, 0.3) is 0 Å². The first kappa shape index (κ1) is 16.3. The highest BCUT2D eigenvalue weighted by Crippen LogP contribution is 2.22. The third-order valence-electron chi connectivity index (χ3n) is 3.82. The minimum atomic E-state index is -3.38. The predicted octanol–water partition coefficient (Wildman–Crippen LogP) is 1.96. The van der Waals surface area contributed by atoms with Crippen LogP contribution in [0, 0.1) is 0 Å². The lowest BCUT2D eigenvalue weighted by Gasteiger charge is -2.24. The third-order valence-corrected chi connectivity index (χ3v) is 5.65. The van der Waals surface area contributed by atoms with E-state index in [-0.39, 0.29) is 0 Å².